The molecule has 0 N–H and O–H groups in total. The van der Waals surface area contributed by atoms with E-state index in [4.69, 9.17) is 27.9 Å². The molecule has 0 aliphatic heterocycles. The minimum Gasteiger partial charge on any atom is -0.382 e. The van der Waals surface area contributed by atoms with Crippen LogP contribution in [0.2, 0.25) is 5.02 Å². The molecule has 2 aromatic rings. The number of imidazole rings is 1. The SMILES string of the molecule is COCC(C)(C)n1c(CCCl)nc2cccc(Cl)c21. The summed E-state index contributed by atoms with van der Waals surface area (Å²) < 4.78 is 7.48. The van der Waals surface area contributed by atoms with Crippen molar-refractivity contribution in [3.05, 3.63) is 29.0 Å². The molecule has 0 amide bonds. The van der Waals surface area contributed by atoms with E-state index in [1.54, 1.807) is 7.11 Å². The number of para-hydroxylation sites is 1. The van der Waals surface area contributed by atoms with Crippen LogP contribution in [0.4, 0.5) is 0 Å². The molecule has 0 unspecified atom stereocenters. The maximum absolute atomic E-state index is 6.35. The Morgan fingerprint density at radius 2 is 2.11 bits per heavy atom. The summed E-state index contributed by atoms with van der Waals surface area (Å²) in [6.07, 6.45) is 0.708. The first-order valence-electron chi connectivity index (χ1n) is 6.22. The highest BCUT2D eigenvalue weighted by Gasteiger charge is 2.26. The van der Waals surface area contributed by atoms with Gasteiger partial charge in [-0.3, -0.25) is 0 Å². The fourth-order valence-electron chi connectivity index (χ4n) is 2.46. The Kier molecular flexibility index (Phi) is 4.39. The minimum atomic E-state index is -0.226. The van der Waals surface area contributed by atoms with Crippen molar-refractivity contribution in [1.29, 1.82) is 0 Å². The summed E-state index contributed by atoms with van der Waals surface area (Å²) in [7, 11) is 1.70. The zero-order valence-electron chi connectivity index (χ0n) is 11.4. The van der Waals surface area contributed by atoms with Crippen LogP contribution in [0.3, 0.4) is 0 Å². The average molecular weight is 301 g/mol. The van der Waals surface area contributed by atoms with E-state index in [2.05, 4.69) is 23.4 Å². The number of fused-ring (bicyclic) bond motifs is 1. The molecule has 3 nitrogen and oxygen atoms in total. The first-order valence-corrected chi connectivity index (χ1v) is 7.13. The van der Waals surface area contributed by atoms with Gasteiger partial charge >= 0.3 is 0 Å². The van der Waals surface area contributed by atoms with Gasteiger partial charge in [-0.1, -0.05) is 17.7 Å². The third-order valence-corrected chi connectivity index (χ3v) is 3.61. The summed E-state index contributed by atoms with van der Waals surface area (Å²) in [6, 6.07) is 5.77. The summed E-state index contributed by atoms with van der Waals surface area (Å²) in [5, 5.41) is 0.704. The number of aryl methyl sites for hydroxylation is 1. The van der Waals surface area contributed by atoms with Gasteiger partial charge < -0.3 is 9.30 Å². The molecule has 104 valence electrons. The van der Waals surface area contributed by atoms with Crippen LogP contribution in [-0.4, -0.2) is 29.1 Å². The van der Waals surface area contributed by atoms with Crippen LogP contribution in [0.1, 0.15) is 19.7 Å². The number of alkyl halides is 1. The van der Waals surface area contributed by atoms with E-state index in [1.165, 1.54) is 0 Å². The second-order valence-corrected chi connectivity index (χ2v) is 5.94. The molecule has 0 radical (unpaired) electrons. The van der Waals surface area contributed by atoms with Gasteiger partial charge in [0, 0.05) is 19.4 Å². The van der Waals surface area contributed by atoms with Gasteiger partial charge in [-0.05, 0) is 26.0 Å². The molecule has 2 rings (SSSR count). The molecule has 19 heavy (non-hydrogen) atoms. The maximum atomic E-state index is 6.35. The molecule has 1 aromatic carbocycles. The maximum Gasteiger partial charge on any atom is 0.111 e. The van der Waals surface area contributed by atoms with E-state index in [9.17, 15) is 0 Å². The van der Waals surface area contributed by atoms with Crippen LogP contribution in [0.15, 0.2) is 18.2 Å². The Bertz CT molecular complexity index is 578. The van der Waals surface area contributed by atoms with E-state index in [0.717, 1.165) is 16.9 Å². The molecule has 0 saturated carbocycles. The van der Waals surface area contributed by atoms with Crippen LogP contribution in [0.5, 0.6) is 0 Å². The van der Waals surface area contributed by atoms with Crippen molar-refractivity contribution in [3.8, 4) is 0 Å². The fraction of sp³-hybridized carbons (Fsp3) is 0.500. The topological polar surface area (TPSA) is 27.1 Å². The zero-order valence-corrected chi connectivity index (χ0v) is 12.9. The second kappa shape index (κ2) is 5.70. The summed E-state index contributed by atoms with van der Waals surface area (Å²) in [6.45, 7) is 4.80. The molecule has 0 spiro atoms. The molecule has 0 atom stereocenters. The number of halogens is 2. The van der Waals surface area contributed by atoms with Crippen LogP contribution in [0.25, 0.3) is 11.0 Å². The zero-order chi connectivity index (χ0) is 14.0. The molecule has 1 aromatic heterocycles. The minimum absolute atomic E-state index is 0.226. The molecule has 5 heteroatoms. The molecule has 0 aliphatic carbocycles. The molecular formula is C14H18Cl2N2O. The van der Waals surface area contributed by atoms with Crippen molar-refractivity contribution >= 4 is 34.2 Å². The largest absolute Gasteiger partial charge is 0.382 e. The van der Waals surface area contributed by atoms with Crippen molar-refractivity contribution in [2.75, 3.05) is 19.6 Å². The van der Waals surface area contributed by atoms with E-state index in [0.29, 0.717) is 23.9 Å². The molecule has 0 fully saturated rings. The highest BCUT2D eigenvalue weighted by molar-refractivity contribution is 6.35. The summed E-state index contributed by atoms with van der Waals surface area (Å²) in [4.78, 5) is 4.65. The van der Waals surface area contributed by atoms with E-state index in [1.807, 2.05) is 18.2 Å². The van der Waals surface area contributed by atoms with E-state index >= 15 is 0 Å². The molecule has 0 aliphatic rings. The molecule has 0 saturated heterocycles. The van der Waals surface area contributed by atoms with Gasteiger partial charge in [0.25, 0.3) is 0 Å². The molecular weight excluding hydrogens is 283 g/mol. The van der Waals surface area contributed by atoms with Crippen LogP contribution >= 0.6 is 23.2 Å². The lowest BCUT2D eigenvalue weighted by molar-refractivity contribution is 0.110. The third kappa shape index (κ3) is 2.73. The number of ether oxygens (including phenoxy) is 1. The summed E-state index contributed by atoms with van der Waals surface area (Å²) >= 11 is 12.2. The Hall–Kier alpha value is -0.770. The standard InChI is InChI=1S/C14H18Cl2N2O/c1-14(2,9-19-3)18-12(7-8-15)17-11-6-4-5-10(16)13(11)18/h4-6H,7-9H2,1-3H3. The Balaban J connectivity index is 2.70. The van der Waals surface area contributed by atoms with E-state index < -0.39 is 0 Å². The average Bonchev–Trinajstić information content (AvgIpc) is 2.70. The lowest BCUT2D eigenvalue weighted by Gasteiger charge is -2.29. The quantitative estimate of drug-likeness (QED) is 0.784. The van der Waals surface area contributed by atoms with Crippen molar-refractivity contribution in [1.82, 2.24) is 9.55 Å². The number of nitrogens with zero attached hydrogens (tertiary/aromatic N) is 2. The van der Waals surface area contributed by atoms with Gasteiger partial charge in [-0.2, -0.15) is 0 Å². The van der Waals surface area contributed by atoms with Crippen LogP contribution in [0, 0.1) is 0 Å². The van der Waals surface area contributed by atoms with Gasteiger partial charge in [-0.25, -0.2) is 4.98 Å². The number of hydrogen-bond acceptors (Lipinski definition) is 2. The number of aromatic nitrogens is 2. The van der Waals surface area contributed by atoms with Gasteiger partial charge in [0.1, 0.15) is 5.82 Å². The Morgan fingerprint density at radius 1 is 1.37 bits per heavy atom. The lowest BCUT2D eigenvalue weighted by atomic mass is 10.1. The predicted molar refractivity (Wildman–Crippen MR) is 80.4 cm³/mol. The Labute approximate surface area is 123 Å². The van der Waals surface area contributed by atoms with Gasteiger partial charge in [0.2, 0.25) is 0 Å². The van der Waals surface area contributed by atoms with Crippen molar-refractivity contribution in [2.45, 2.75) is 25.8 Å². The monoisotopic (exact) mass is 300 g/mol. The second-order valence-electron chi connectivity index (χ2n) is 5.16. The summed E-state index contributed by atoms with van der Waals surface area (Å²) in [5.41, 5.74) is 1.62. The highest BCUT2D eigenvalue weighted by atomic mass is 35.5. The number of hydrogen-bond donors (Lipinski definition) is 0. The first kappa shape index (κ1) is 14.6. The fourth-order valence-corrected chi connectivity index (χ4v) is 2.88. The van der Waals surface area contributed by atoms with Crippen molar-refractivity contribution in [2.24, 2.45) is 0 Å². The van der Waals surface area contributed by atoms with Gasteiger partial charge in [0.15, 0.2) is 0 Å². The first-order chi connectivity index (χ1) is 9.01. The van der Waals surface area contributed by atoms with Gasteiger partial charge in [0.05, 0.1) is 28.2 Å². The smallest absolute Gasteiger partial charge is 0.111 e. The van der Waals surface area contributed by atoms with Crippen molar-refractivity contribution in [3.63, 3.8) is 0 Å². The predicted octanol–water partition coefficient (Wildman–Crippen LogP) is 3.85. The van der Waals surface area contributed by atoms with E-state index in [-0.39, 0.29) is 5.54 Å². The van der Waals surface area contributed by atoms with Crippen molar-refractivity contribution < 1.29 is 4.74 Å². The van der Waals surface area contributed by atoms with Gasteiger partial charge in [-0.15, -0.1) is 11.6 Å². The van der Waals surface area contributed by atoms with Crippen LogP contribution in [-0.2, 0) is 16.7 Å². The lowest BCUT2D eigenvalue weighted by Crippen LogP contribution is -2.33. The Morgan fingerprint density at radius 3 is 2.74 bits per heavy atom. The summed E-state index contributed by atoms with van der Waals surface area (Å²) in [5.74, 6) is 1.48. The normalized spacial score (nSPS) is 12.3. The molecule has 0 bridgehead atoms. The highest BCUT2D eigenvalue weighted by Crippen LogP contribution is 2.31. The number of benzene rings is 1. The molecule has 1 heterocycles. The third-order valence-electron chi connectivity index (χ3n) is 3.12. The number of methoxy groups -OCH3 is 1. The van der Waals surface area contributed by atoms with Crippen LogP contribution < -0.4 is 0 Å². The number of rotatable bonds is 5.